The van der Waals surface area contributed by atoms with Gasteiger partial charge in [-0.15, -0.1) is 0 Å². The standard InChI is InChI=1S/C19H14F2N4O5S2/c20-19(21)32(29,30)16-4-2-1-3-13(16)18(26)22-17-14-9-31-10-15(14)23-24(17)11-5-7-12(8-6-11)25(27)28/h1-8,19H,9-10H2,(H,22,26). The third-order valence-electron chi connectivity index (χ3n) is 4.76. The van der Waals surface area contributed by atoms with E-state index in [2.05, 4.69) is 10.4 Å². The average molecular weight is 480 g/mol. The Balaban J connectivity index is 1.75. The fourth-order valence-electron chi connectivity index (χ4n) is 3.22. The Morgan fingerprint density at radius 2 is 1.84 bits per heavy atom. The first-order chi connectivity index (χ1) is 15.2. The number of rotatable bonds is 6. The van der Waals surface area contributed by atoms with Gasteiger partial charge < -0.3 is 5.32 Å². The third kappa shape index (κ3) is 3.84. The highest BCUT2D eigenvalue weighted by Gasteiger charge is 2.32. The van der Waals surface area contributed by atoms with Crippen LogP contribution < -0.4 is 5.32 Å². The summed E-state index contributed by atoms with van der Waals surface area (Å²) >= 11 is 1.56. The van der Waals surface area contributed by atoms with Gasteiger partial charge in [0.15, 0.2) is 0 Å². The lowest BCUT2D eigenvalue weighted by Gasteiger charge is -2.13. The number of benzene rings is 2. The number of halogens is 2. The molecule has 4 rings (SSSR count). The van der Waals surface area contributed by atoms with Gasteiger partial charge in [0.2, 0.25) is 9.84 Å². The van der Waals surface area contributed by atoms with Crippen LogP contribution in [0.15, 0.2) is 53.4 Å². The van der Waals surface area contributed by atoms with Crippen molar-refractivity contribution < 1.29 is 26.9 Å². The Hall–Kier alpha value is -3.32. The molecule has 2 aromatic carbocycles. The number of hydrogen-bond donors (Lipinski definition) is 1. The van der Waals surface area contributed by atoms with Gasteiger partial charge in [0.25, 0.3) is 11.6 Å². The molecule has 0 spiro atoms. The van der Waals surface area contributed by atoms with Gasteiger partial charge in [0.1, 0.15) is 5.82 Å². The van der Waals surface area contributed by atoms with Crippen molar-refractivity contribution in [3.05, 3.63) is 75.5 Å². The van der Waals surface area contributed by atoms with Gasteiger partial charge in [0, 0.05) is 29.2 Å². The number of amides is 1. The molecule has 0 unspecified atom stereocenters. The van der Waals surface area contributed by atoms with Crippen LogP contribution >= 0.6 is 11.8 Å². The molecule has 1 aliphatic rings. The molecular weight excluding hydrogens is 466 g/mol. The van der Waals surface area contributed by atoms with E-state index < -0.39 is 36.9 Å². The van der Waals surface area contributed by atoms with Crippen molar-refractivity contribution >= 4 is 39.0 Å². The first kappa shape index (κ1) is 21.9. The number of nitro groups is 1. The lowest BCUT2D eigenvalue weighted by atomic mass is 10.2. The van der Waals surface area contributed by atoms with Crippen molar-refractivity contribution in [2.75, 3.05) is 5.32 Å². The summed E-state index contributed by atoms with van der Waals surface area (Å²) in [6.45, 7) is 0. The van der Waals surface area contributed by atoms with Gasteiger partial charge in [0.05, 0.1) is 26.8 Å². The number of aromatic nitrogens is 2. The molecule has 0 fully saturated rings. The second-order valence-corrected chi connectivity index (χ2v) is 9.58. The van der Waals surface area contributed by atoms with Crippen molar-refractivity contribution in [2.45, 2.75) is 22.2 Å². The molecule has 0 atom stereocenters. The Morgan fingerprint density at radius 1 is 1.16 bits per heavy atom. The first-order valence-electron chi connectivity index (χ1n) is 9.06. The Kier molecular flexibility index (Phi) is 5.69. The van der Waals surface area contributed by atoms with Crippen LogP contribution in [0, 0.1) is 10.1 Å². The number of thioether (sulfide) groups is 1. The van der Waals surface area contributed by atoms with E-state index in [9.17, 15) is 32.1 Å². The fourth-order valence-corrected chi connectivity index (χ4v) is 5.18. The van der Waals surface area contributed by atoms with Gasteiger partial charge >= 0.3 is 5.76 Å². The molecule has 13 heteroatoms. The normalized spacial score (nSPS) is 13.2. The van der Waals surface area contributed by atoms with E-state index in [4.69, 9.17) is 0 Å². The van der Waals surface area contributed by atoms with Crippen LogP contribution in [0.4, 0.5) is 20.3 Å². The minimum absolute atomic E-state index is 0.124. The first-order valence-corrected chi connectivity index (χ1v) is 11.8. The number of nitro benzene ring substituents is 1. The SMILES string of the molecule is O=C(Nc1c2c(nn1-c1ccc([N+](=O)[O-])cc1)CSC2)c1ccccc1S(=O)(=O)C(F)F. The van der Waals surface area contributed by atoms with Crippen LogP contribution in [0.1, 0.15) is 21.6 Å². The predicted octanol–water partition coefficient (Wildman–Crippen LogP) is 3.78. The Morgan fingerprint density at radius 3 is 2.50 bits per heavy atom. The van der Waals surface area contributed by atoms with Crippen LogP contribution in [-0.4, -0.2) is 34.8 Å². The van der Waals surface area contributed by atoms with Gasteiger partial charge in [-0.25, -0.2) is 13.1 Å². The number of hydrogen-bond acceptors (Lipinski definition) is 7. The van der Waals surface area contributed by atoms with Crippen LogP contribution in [0.3, 0.4) is 0 Å². The lowest BCUT2D eigenvalue weighted by molar-refractivity contribution is -0.384. The van der Waals surface area contributed by atoms with Gasteiger partial charge in [-0.1, -0.05) is 12.1 Å². The zero-order valence-electron chi connectivity index (χ0n) is 16.1. The number of sulfone groups is 1. The van der Waals surface area contributed by atoms with Crippen LogP contribution in [0.5, 0.6) is 0 Å². The number of anilines is 1. The van der Waals surface area contributed by atoms with Crippen molar-refractivity contribution in [2.24, 2.45) is 0 Å². The monoisotopic (exact) mass is 480 g/mol. The Bertz CT molecular complexity index is 1320. The fraction of sp³-hybridized carbons (Fsp3) is 0.158. The molecule has 1 amide bonds. The molecule has 1 aromatic heterocycles. The molecule has 2 heterocycles. The highest BCUT2D eigenvalue weighted by Crippen LogP contribution is 2.36. The summed E-state index contributed by atoms with van der Waals surface area (Å²) in [5, 5.41) is 18.0. The van der Waals surface area contributed by atoms with Crippen molar-refractivity contribution in [1.82, 2.24) is 9.78 Å². The summed E-state index contributed by atoms with van der Waals surface area (Å²) in [7, 11) is -5.00. The maximum atomic E-state index is 13.1. The van der Waals surface area contributed by atoms with E-state index >= 15 is 0 Å². The minimum Gasteiger partial charge on any atom is -0.306 e. The number of non-ortho nitro benzene ring substituents is 1. The summed E-state index contributed by atoms with van der Waals surface area (Å²) < 4.78 is 51.6. The minimum atomic E-state index is -5.00. The van der Waals surface area contributed by atoms with Crippen LogP contribution in [-0.2, 0) is 21.3 Å². The molecule has 0 radical (unpaired) electrons. The van der Waals surface area contributed by atoms with Gasteiger partial charge in [-0.2, -0.15) is 25.6 Å². The van der Waals surface area contributed by atoms with Gasteiger partial charge in [-0.3, -0.25) is 14.9 Å². The molecule has 9 nitrogen and oxygen atoms in total. The summed E-state index contributed by atoms with van der Waals surface area (Å²) in [4.78, 5) is 22.6. The van der Waals surface area contributed by atoms with E-state index in [1.54, 1.807) is 11.8 Å². The number of alkyl halides is 2. The lowest BCUT2D eigenvalue weighted by Crippen LogP contribution is -2.21. The smallest absolute Gasteiger partial charge is 0.306 e. The quantitative estimate of drug-likeness (QED) is 0.421. The van der Waals surface area contributed by atoms with E-state index in [0.29, 0.717) is 28.5 Å². The molecule has 32 heavy (non-hydrogen) atoms. The number of fused-ring (bicyclic) bond motifs is 1. The molecule has 166 valence electrons. The number of nitrogens with zero attached hydrogens (tertiary/aromatic N) is 3. The van der Waals surface area contributed by atoms with E-state index in [1.165, 1.54) is 41.1 Å². The molecule has 3 aromatic rings. The zero-order valence-corrected chi connectivity index (χ0v) is 17.7. The molecule has 0 saturated heterocycles. The summed E-state index contributed by atoms with van der Waals surface area (Å²) in [6.07, 6.45) is 0. The number of nitrogens with one attached hydrogen (secondary N) is 1. The van der Waals surface area contributed by atoms with E-state index in [-0.39, 0.29) is 11.5 Å². The number of carbonyl (C=O) groups excluding carboxylic acids is 1. The molecule has 1 N–H and O–H groups in total. The molecule has 0 bridgehead atoms. The van der Waals surface area contributed by atoms with E-state index in [0.717, 1.165) is 12.1 Å². The molecule has 0 saturated carbocycles. The number of carbonyl (C=O) groups is 1. The van der Waals surface area contributed by atoms with Crippen molar-refractivity contribution in [3.63, 3.8) is 0 Å². The summed E-state index contributed by atoms with van der Waals surface area (Å²) in [5.41, 5.74) is 1.27. The second-order valence-electron chi connectivity index (χ2n) is 6.71. The summed E-state index contributed by atoms with van der Waals surface area (Å²) in [5.74, 6) is -3.23. The van der Waals surface area contributed by atoms with Gasteiger partial charge in [-0.05, 0) is 24.3 Å². The second kappa shape index (κ2) is 8.31. The largest absolute Gasteiger partial charge is 0.341 e. The predicted molar refractivity (Wildman–Crippen MR) is 113 cm³/mol. The zero-order chi connectivity index (χ0) is 23.0. The molecule has 0 aliphatic carbocycles. The van der Waals surface area contributed by atoms with Crippen LogP contribution in [0.2, 0.25) is 0 Å². The highest BCUT2D eigenvalue weighted by molar-refractivity contribution is 7.98. The average Bonchev–Trinajstić information content (AvgIpc) is 3.36. The highest BCUT2D eigenvalue weighted by atomic mass is 32.2. The molecule has 1 aliphatic heterocycles. The maximum Gasteiger partial charge on any atom is 0.341 e. The molecular formula is C19H14F2N4O5S2. The van der Waals surface area contributed by atoms with Crippen molar-refractivity contribution in [3.8, 4) is 5.69 Å². The Labute approximate surface area is 184 Å². The van der Waals surface area contributed by atoms with E-state index in [1.807, 2.05) is 0 Å². The van der Waals surface area contributed by atoms with Crippen molar-refractivity contribution in [1.29, 1.82) is 0 Å². The third-order valence-corrected chi connectivity index (χ3v) is 7.17. The topological polar surface area (TPSA) is 124 Å². The van der Waals surface area contributed by atoms with Crippen LogP contribution in [0.25, 0.3) is 5.69 Å². The maximum absolute atomic E-state index is 13.1. The summed E-state index contributed by atoms with van der Waals surface area (Å²) in [6, 6.07) is 10.2.